The average molecular weight is 410 g/mol. The van der Waals surface area contributed by atoms with Crippen molar-refractivity contribution in [3.05, 3.63) is 59.2 Å². The maximum Gasteiger partial charge on any atom is 0.410 e. The van der Waals surface area contributed by atoms with Gasteiger partial charge in [-0.25, -0.2) is 9.59 Å². The van der Waals surface area contributed by atoms with Crippen LogP contribution in [0.3, 0.4) is 0 Å². The van der Waals surface area contributed by atoms with Gasteiger partial charge >= 0.3 is 12.1 Å². The second kappa shape index (κ2) is 8.78. The highest BCUT2D eigenvalue weighted by Crippen LogP contribution is 2.24. The van der Waals surface area contributed by atoms with E-state index in [4.69, 9.17) is 4.74 Å². The number of amides is 3. The molecule has 3 amide bonds. The van der Waals surface area contributed by atoms with Crippen molar-refractivity contribution < 1.29 is 14.3 Å². The fourth-order valence-corrected chi connectivity index (χ4v) is 3.36. The minimum atomic E-state index is -0.506. The zero-order chi connectivity index (χ0) is 21.9. The van der Waals surface area contributed by atoms with Crippen molar-refractivity contribution in [3.8, 4) is 0 Å². The van der Waals surface area contributed by atoms with Crippen LogP contribution < -0.4 is 10.6 Å². The summed E-state index contributed by atoms with van der Waals surface area (Å²) in [6, 6.07) is 13.4. The first kappa shape index (κ1) is 21.7. The normalized spacial score (nSPS) is 13.6. The number of carbonyl (C=O) groups is 2. The van der Waals surface area contributed by atoms with E-state index in [9.17, 15) is 9.59 Å². The number of urea groups is 1. The smallest absolute Gasteiger partial charge is 0.410 e. The summed E-state index contributed by atoms with van der Waals surface area (Å²) in [6.45, 7) is 11.0. The van der Waals surface area contributed by atoms with Gasteiger partial charge in [0.15, 0.2) is 0 Å². The van der Waals surface area contributed by atoms with Gasteiger partial charge < -0.3 is 20.3 Å². The van der Waals surface area contributed by atoms with E-state index in [2.05, 4.69) is 24.5 Å². The standard InChI is InChI=1S/C24H31N3O3/c1-16(2)17-6-9-20(10-7-17)25-22(28)26-21-11-8-19-15-27(13-12-18(19)14-21)23(29)30-24(3,4)5/h6-11,14,16H,12-13,15H2,1-5H3,(H2,25,26,28). The van der Waals surface area contributed by atoms with E-state index in [1.54, 1.807) is 4.90 Å². The van der Waals surface area contributed by atoms with Crippen LogP contribution in [-0.4, -0.2) is 29.2 Å². The fraction of sp³-hybridized carbons (Fsp3) is 0.417. The van der Waals surface area contributed by atoms with E-state index >= 15 is 0 Å². The Morgan fingerprint density at radius 3 is 2.23 bits per heavy atom. The largest absolute Gasteiger partial charge is 0.444 e. The number of rotatable bonds is 3. The predicted molar refractivity (Wildman–Crippen MR) is 120 cm³/mol. The first-order chi connectivity index (χ1) is 14.1. The molecule has 0 saturated carbocycles. The lowest BCUT2D eigenvalue weighted by molar-refractivity contribution is 0.0224. The number of nitrogens with zero attached hydrogens (tertiary/aromatic N) is 1. The summed E-state index contributed by atoms with van der Waals surface area (Å²) in [4.78, 5) is 26.4. The first-order valence-corrected chi connectivity index (χ1v) is 10.4. The Morgan fingerprint density at radius 2 is 1.60 bits per heavy atom. The molecule has 2 N–H and O–H groups in total. The quantitative estimate of drug-likeness (QED) is 0.678. The number of ether oxygens (including phenoxy) is 1. The molecule has 2 aromatic carbocycles. The third kappa shape index (κ3) is 5.75. The molecule has 6 heteroatoms. The summed E-state index contributed by atoms with van der Waals surface area (Å²) >= 11 is 0. The number of carbonyl (C=O) groups excluding carboxylic acids is 2. The Kier molecular flexibility index (Phi) is 6.34. The van der Waals surface area contributed by atoms with Crippen molar-refractivity contribution in [2.75, 3.05) is 17.2 Å². The molecule has 6 nitrogen and oxygen atoms in total. The van der Waals surface area contributed by atoms with Crippen molar-refractivity contribution in [1.82, 2.24) is 4.90 Å². The lowest BCUT2D eigenvalue weighted by Gasteiger charge is -2.31. The molecule has 1 aliphatic rings. The number of hydrogen-bond acceptors (Lipinski definition) is 3. The summed E-state index contributed by atoms with van der Waals surface area (Å²) in [5.74, 6) is 0.453. The second-order valence-corrected chi connectivity index (χ2v) is 8.99. The molecule has 0 saturated heterocycles. The van der Waals surface area contributed by atoms with E-state index in [0.29, 0.717) is 19.0 Å². The third-order valence-corrected chi connectivity index (χ3v) is 4.96. The minimum absolute atomic E-state index is 0.279. The van der Waals surface area contributed by atoms with Gasteiger partial charge in [0, 0.05) is 24.5 Å². The highest BCUT2D eigenvalue weighted by atomic mass is 16.6. The Balaban J connectivity index is 1.59. The summed E-state index contributed by atoms with van der Waals surface area (Å²) in [5.41, 5.74) is 4.42. The van der Waals surface area contributed by atoms with Gasteiger partial charge in [-0.15, -0.1) is 0 Å². The SMILES string of the molecule is CC(C)c1ccc(NC(=O)Nc2ccc3c(c2)CCN(C(=O)OC(C)(C)C)C3)cc1. The molecule has 30 heavy (non-hydrogen) atoms. The Labute approximate surface area is 178 Å². The van der Waals surface area contributed by atoms with E-state index in [1.807, 2.05) is 63.2 Å². The average Bonchev–Trinajstić information content (AvgIpc) is 2.66. The molecule has 0 spiro atoms. The van der Waals surface area contributed by atoms with E-state index in [0.717, 1.165) is 28.9 Å². The van der Waals surface area contributed by atoms with Crippen LogP contribution >= 0.6 is 0 Å². The summed E-state index contributed by atoms with van der Waals surface area (Å²) < 4.78 is 5.47. The Bertz CT molecular complexity index is 914. The van der Waals surface area contributed by atoms with Crippen LogP contribution in [0.15, 0.2) is 42.5 Å². The van der Waals surface area contributed by atoms with Crippen molar-refractivity contribution in [2.24, 2.45) is 0 Å². The molecule has 3 rings (SSSR count). The Hall–Kier alpha value is -3.02. The summed E-state index contributed by atoms with van der Waals surface area (Å²) in [7, 11) is 0. The van der Waals surface area contributed by atoms with Crippen molar-refractivity contribution in [3.63, 3.8) is 0 Å². The first-order valence-electron chi connectivity index (χ1n) is 10.4. The van der Waals surface area contributed by atoms with Crippen molar-refractivity contribution >= 4 is 23.5 Å². The second-order valence-electron chi connectivity index (χ2n) is 8.99. The van der Waals surface area contributed by atoms with Crippen LogP contribution in [0.25, 0.3) is 0 Å². The van der Waals surface area contributed by atoms with Gasteiger partial charge in [0.25, 0.3) is 0 Å². The Morgan fingerprint density at radius 1 is 0.967 bits per heavy atom. The third-order valence-electron chi connectivity index (χ3n) is 4.96. The molecule has 1 aliphatic heterocycles. The van der Waals surface area contributed by atoms with E-state index in [-0.39, 0.29) is 12.1 Å². The summed E-state index contributed by atoms with van der Waals surface area (Å²) in [5, 5.41) is 5.75. The van der Waals surface area contributed by atoms with Gasteiger partial charge in [-0.05, 0) is 74.1 Å². The van der Waals surface area contributed by atoms with Crippen molar-refractivity contribution in [2.45, 2.75) is 59.1 Å². The number of hydrogen-bond donors (Lipinski definition) is 2. The number of nitrogens with one attached hydrogen (secondary N) is 2. The molecular formula is C24H31N3O3. The zero-order valence-corrected chi connectivity index (χ0v) is 18.4. The molecule has 0 radical (unpaired) electrons. The van der Waals surface area contributed by atoms with Gasteiger partial charge in [0.1, 0.15) is 5.60 Å². The molecule has 0 atom stereocenters. The molecule has 0 aliphatic carbocycles. The molecule has 0 aromatic heterocycles. The van der Waals surface area contributed by atoms with Gasteiger partial charge in [-0.3, -0.25) is 0 Å². The van der Waals surface area contributed by atoms with Crippen LogP contribution in [0.5, 0.6) is 0 Å². The van der Waals surface area contributed by atoms with Crippen LogP contribution in [0.4, 0.5) is 21.0 Å². The molecule has 0 unspecified atom stereocenters. The number of benzene rings is 2. The molecular weight excluding hydrogens is 378 g/mol. The lowest BCUT2D eigenvalue weighted by Crippen LogP contribution is -2.39. The van der Waals surface area contributed by atoms with Gasteiger partial charge in [-0.1, -0.05) is 32.0 Å². The topological polar surface area (TPSA) is 70.7 Å². The van der Waals surface area contributed by atoms with E-state index < -0.39 is 5.60 Å². The summed E-state index contributed by atoms with van der Waals surface area (Å²) in [6.07, 6.45) is 0.431. The zero-order valence-electron chi connectivity index (χ0n) is 18.4. The highest BCUT2D eigenvalue weighted by Gasteiger charge is 2.25. The number of fused-ring (bicyclic) bond motifs is 1. The van der Waals surface area contributed by atoms with Crippen LogP contribution in [-0.2, 0) is 17.7 Å². The van der Waals surface area contributed by atoms with Gasteiger partial charge in [-0.2, -0.15) is 0 Å². The fourth-order valence-electron chi connectivity index (χ4n) is 3.36. The number of anilines is 2. The monoisotopic (exact) mass is 409 g/mol. The molecule has 160 valence electrons. The van der Waals surface area contributed by atoms with E-state index in [1.165, 1.54) is 5.56 Å². The minimum Gasteiger partial charge on any atom is -0.444 e. The predicted octanol–water partition coefficient (Wildman–Crippen LogP) is 5.75. The van der Waals surface area contributed by atoms with Crippen LogP contribution in [0.1, 0.15) is 57.2 Å². The highest BCUT2D eigenvalue weighted by molar-refractivity contribution is 5.99. The van der Waals surface area contributed by atoms with Gasteiger partial charge in [0.2, 0.25) is 0 Å². The van der Waals surface area contributed by atoms with Crippen molar-refractivity contribution in [1.29, 1.82) is 0 Å². The molecule has 0 fully saturated rings. The van der Waals surface area contributed by atoms with Crippen LogP contribution in [0.2, 0.25) is 0 Å². The lowest BCUT2D eigenvalue weighted by atomic mass is 9.99. The molecule has 0 bridgehead atoms. The van der Waals surface area contributed by atoms with Gasteiger partial charge in [0.05, 0.1) is 0 Å². The maximum absolute atomic E-state index is 12.4. The molecule has 1 heterocycles. The molecule has 2 aromatic rings. The maximum atomic E-state index is 12.4. The van der Waals surface area contributed by atoms with Crippen LogP contribution in [0, 0.1) is 0 Å².